The Morgan fingerprint density at radius 2 is 1.47 bits per heavy atom. The molecule has 0 aromatic rings. The van der Waals surface area contributed by atoms with Crippen molar-refractivity contribution in [3.63, 3.8) is 0 Å². The molecule has 0 saturated heterocycles. The maximum atomic E-state index is 13.3. The van der Waals surface area contributed by atoms with Gasteiger partial charge in [0.05, 0.1) is 6.54 Å². The first-order chi connectivity index (χ1) is 28.9. The van der Waals surface area contributed by atoms with Crippen LogP contribution in [0.15, 0.2) is 11.6 Å². The highest BCUT2D eigenvalue weighted by Crippen LogP contribution is 2.67. The third-order valence-electron chi connectivity index (χ3n) is 16.3. The average molecular weight is 839 g/mol. The van der Waals surface area contributed by atoms with E-state index >= 15 is 0 Å². The van der Waals surface area contributed by atoms with Crippen LogP contribution in [0.1, 0.15) is 215 Å². The predicted octanol–water partition coefficient (Wildman–Crippen LogP) is 12.3. The van der Waals surface area contributed by atoms with Gasteiger partial charge in [0.25, 0.3) is 0 Å². The number of nitrogens with one attached hydrogen (secondary N) is 2. The van der Waals surface area contributed by atoms with E-state index in [0.717, 1.165) is 86.9 Å². The lowest BCUT2D eigenvalue weighted by Crippen LogP contribution is -2.51. The first kappa shape index (κ1) is 50.6. The third kappa shape index (κ3) is 15.3. The monoisotopic (exact) mass is 839 g/mol. The molecule has 0 aromatic carbocycles. The molecule has 4 aliphatic carbocycles. The van der Waals surface area contributed by atoms with Crippen LogP contribution in [0.3, 0.4) is 0 Å². The van der Waals surface area contributed by atoms with Crippen molar-refractivity contribution in [2.24, 2.45) is 52.1 Å². The highest BCUT2D eigenvalue weighted by atomic mass is 16.6. The second-order valence-corrected chi connectivity index (χ2v) is 21.1. The van der Waals surface area contributed by atoms with Gasteiger partial charge in [-0.1, -0.05) is 143 Å². The molecule has 346 valence electrons. The minimum atomic E-state index is -0.363. The first-order valence-electron chi connectivity index (χ1n) is 25.8. The van der Waals surface area contributed by atoms with Gasteiger partial charge in [0.15, 0.2) is 0 Å². The van der Waals surface area contributed by atoms with Crippen LogP contribution < -0.4 is 16.4 Å². The summed E-state index contributed by atoms with van der Waals surface area (Å²) in [5.74, 6) is 4.80. The number of unbranched alkanes of at least 4 members (excludes halogenated alkanes) is 12. The Labute approximate surface area is 368 Å². The number of amides is 3. The topological polar surface area (TPSA) is 114 Å². The molecule has 0 heterocycles. The molecule has 3 saturated carbocycles. The van der Waals surface area contributed by atoms with Gasteiger partial charge in [-0.15, -0.1) is 0 Å². The number of nitrogens with two attached hydrogens (primary N) is 1. The summed E-state index contributed by atoms with van der Waals surface area (Å²) in [4.78, 5) is 40.9. The Morgan fingerprint density at radius 1 is 0.783 bits per heavy atom. The van der Waals surface area contributed by atoms with Crippen molar-refractivity contribution in [3.05, 3.63) is 11.6 Å². The molecule has 4 aliphatic rings. The standard InChI is InChI=1S/C52H94N4O4/c1-7-8-9-10-11-12-13-14-15-16-17-18-25-49(58)56(39-48(57)54-35-20-19-34-53)37-22-36-55-50(59)60-43-30-32-51(5)42(38-43)26-27-44-46-29-28-45(41(4)24-21-23-40(2)3)52(46,6)33-31-47(44)51/h26,40-41,43-47H,7-25,27-39,53H2,1-6H3,(H,54,57)(H,55,59)/t41-,43+,44+,45-,46+,47+,51+,52-/m1/s1. The van der Waals surface area contributed by atoms with Gasteiger partial charge in [-0.05, 0) is 124 Å². The molecule has 4 N–H and O–H groups in total. The molecule has 0 spiro atoms. The number of carbonyl (C=O) groups is 3. The molecule has 0 unspecified atom stereocenters. The molecule has 0 aliphatic heterocycles. The summed E-state index contributed by atoms with van der Waals surface area (Å²) < 4.78 is 6.06. The Morgan fingerprint density at radius 3 is 2.15 bits per heavy atom. The summed E-state index contributed by atoms with van der Waals surface area (Å²) in [5, 5.41) is 5.93. The van der Waals surface area contributed by atoms with Crippen LogP contribution in [0.25, 0.3) is 0 Å². The average Bonchev–Trinajstić information content (AvgIpc) is 3.58. The minimum absolute atomic E-state index is 0.0250. The van der Waals surface area contributed by atoms with Crippen LogP contribution in [0.5, 0.6) is 0 Å². The molecular formula is C52H94N4O4. The normalized spacial score (nSPS) is 27.7. The van der Waals surface area contributed by atoms with Crippen LogP contribution in [-0.2, 0) is 14.3 Å². The molecule has 8 atom stereocenters. The SMILES string of the molecule is CCCCCCCCCCCCCCC(=O)N(CCCNC(=O)O[C@H]1CC[C@@]2(C)C(=CC[C@H]3[C@@H]4CC[C@H]([C@H](C)CCCC(C)C)[C@@]4(C)CC[C@@H]32)C1)CC(=O)NCCCCN. The number of hydrogen-bond acceptors (Lipinski definition) is 5. The van der Waals surface area contributed by atoms with Crippen molar-refractivity contribution in [1.82, 2.24) is 15.5 Å². The molecule has 8 nitrogen and oxygen atoms in total. The second-order valence-electron chi connectivity index (χ2n) is 21.1. The zero-order valence-electron chi connectivity index (χ0n) is 39.9. The van der Waals surface area contributed by atoms with Gasteiger partial charge in [-0.25, -0.2) is 4.79 Å². The number of allylic oxidation sites excluding steroid dienone is 1. The summed E-state index contributed by atoms with van der Waals surface area (Å²) >= 11 is 0. The van der Waals surface area contributed by atoms with Gasteiger partial charge < -0.3 is 26.0 Å². The minimum Gasteiger partial charge on any atom is -0.446 e. The van der Waals surface area contributed by atoms with Crippen LogP contribution in [-0.4, -0.2) is 61.6 Å². The van der Waals surface area contributed by atoms with E-state index in [1.165, 1.54) is 115 Å². The molecule has 3 fully saturated rings. The highest BCUT2D eigenvalue weighted by Gasteiger charge is 2.59. The molecular weight excluding hydrogens is 745 g/mol. The summed E-state index contributed by atoms with van der Waals surface area (Å²) in [6.45, 7) is 16.8. The van der Waals surface area contributed by atoms with E-state index in [1.807, 2.05) is 0 Å². The number of rotatable bonds is 29. The maximum absolute atomic E-state index is 13.3. The van der Waals surface area contributed by atoms with E-state index in [0.29, 0.717) is 44.4 Å². The number of fused-ring (bicyclic) bond motifs is 5. The van der Waals surface area contributed by atoms with Crippen LogP contribution in [0.2, 0.25) is 0 Å². The summed E-state index contributed by atoms with van der Waals surface area (Å²) in [7, 11) is 0. The Balaban J connectivity index is 1.18. The van der Waals surface area contributed by atoms with Crippen molar-refractivity contribution in [2.45, 2.75) is 221 Å². The van der Waals surface area contributed by atoms with Gasteiger partial charge in [-0.2, -0.15) is 0 Å². The molecule has 3 amide bonds. The van der Waals surface area contributed by atoms with E-state index < -0.39 is 0 Å². The van der Waals surface area contributed by atoms with Crippen molar-refractivity contribution in [2.75, 3.05) is 32.7 Å². The zero-order valence-corrected chi connectivity index (χ0v) is 39.9. The lowest BCUT2D eigenvalue weighted by atomic mass is 9.47. The quantitative estimate of drug-likeness (QED) is 0.0513. The Bertz CT molecular complexity index is 1300. The van der Waals surface area contributed by atoms with Crippen molar-refractivity contribution < 1.29 is 19.1 Å². The predicted molar refractivity (Wildman–Crippen MR) is 250 cm³/mol. The van der Waals surface area contributed by atoms with E-state index in [-0.39, 0.29) is 36.0 Å². The van der Waals surface area contributed by atoms with Gasteiger partial charge >= 0.3 is 6.09 Å². The van der Waals surface area contributed by atoms with Crippen LogP contribution >= 0.6 is 0 Å². The lowest BCUT2D eigenvalue weighted by molar-refractivity contribution is -0.136. The fraction of sp³-hybridized carbons (Fsp3) is 0.904. The molecule has 0 bridgehead atoms. The summed E-state index contributed by atoms with van der Waals surface area (Å²) in [5.41, 5.74) is 7.87. The third-order valence-corrected chi connectivity index (χ3v) is 16.3. The van der Waals surface area contributed by atoms with Crippen molar-refractivity contribution in [1.29, 1.82) is 0 Å². The molecule has 8 heteroatoms. The molecule has 60 heavy (non-hydrogen) atoms. The number of hydrogen-bond donors (Lipinski definition) is 3. The fourth-order valence-corrected chi connectivity index (χ4v) is 12.7. The van der Waals surface area contributed by atoms with E-state index in [4.69, 9.17) is 10.5 Å². The van der Waals surface area contributed by atoms with E-state index in [1.54, 1.807) is 4.90 Å². The fourth-order valence-electron chi connectivity index (χ4n) is 12.7. The summed E-state index contributed by atoms with van der Waals surface area (Å²) in [6, 6.07) is 0. The number of nitrogens with zero attached hydrogens (tertiary/aromatic N) is 1. The second kappa shape index (κ2) is 26.5. The van der Waals surface area contributed by atoms with Crippen molar-refractivity contribution in [3.8, 4) is 0 Å². The zero-order chi connectivity index (χ0) is 43.4. The number of alkyl carbamates (subject to hydrolysis) is 1. The van der Waals surface area contributed by atoms with Crippen LogP contribution in [0, 0.1) is 46.3 Å². The molecule has 4 rings (SSSR count). The maximum Gasteiger partial charge on any atom is 0.407 e. The van der Waals surface area contributed by atoms with Crippen molar-refractivity contribution >= 4 is 17.9 Å². The van der Waals surface area contributed by atoms with E-state index in [2.05, 4.69) is 58.3 Å². The number of ether oxygens (including phenoxy) is 1. The Kier molecular flexibility index (Phi) is 22.3. The van der Waals surface area contributed by atoms with Crippen LogP contribution in [0.4, 0.5) is 4.79 Å². The smallest absolute Gasteiger partial charge is 0.407 e. The van der Waals surface area contributed by atoms with Gasteiger partial charge in [0.1, 0.15) is 6.10 Å². The molecule has 0 radical (unpaired) electrons. The Hall–Kier alpha value is -2.09. The van der Waals surface area contributed by atoms with Gasteiger partial charge in [0, 0.05) is 32.5 Å². The highest BCUT2D eigenvalue weighted by molar-refractivity contribution is 5.84. The number of carbonyl (C=O) groups excluding carboxylic acids is 3. The largest absolute Gasteiger partial charge is 0.446 e. The summed E-state index contributed by atoms with van der Waals surface area (Å²) in [6.07, 6.45) is 33.6. The lowest BCUT2D eigenvalue weighted by Gasteiger charge is -2.58. The first-order valence-corrected chi connectivity index (χ1v) is 25.8. The van der Waals surface area contributed by atoms with E-state index in [9.17, 15) is 14.4 Å². The molecule has 0 aromatic heterocycles. The van der Waals surface area contributed by atoms with Gasteiger partial charge in [0.2, 0.25) is 11.8 Å². The van der Waals surface area contributed by atoms with Gasteiger partial charge in [-0.3, -0.25) is 9.59 Å².